The molecule has 0 radical (unpaired) electrons. The van der Waals surface area contributed by atoms with Crippen molar-refractivity contribution in [3.8, 4) is 11.1 Å². The lowest BCUT2D eigenvalue weighted by atomic mass is 9.98. The first-order valence-corrected chi connectivity index (χ1v) is 18.2. The minimum absolute atomic E-state index is 0.0203. The van der Waals surface area contributed by atoms with Gasteiger partial charge in [-0.25, -0.2) is 4.79 Å². The van der Waals surface area contributed by atoms with Crippen LogP contribution in [-0.4, -0.2) is 145 Å². The molecule has 7 rings (SSSR count). The lowest BCUT2D eigenvalue weighted by Crippen LogP contribution is -2.57. The van der Waals surface area contributed by atoms with Gasteiger partial charge in [0.05, 0.1) is 79.0 Å². The van der Waals surface area contributed by atoms with Gasteiger partial charge in [0.1, 0.15) is 13.2 Å². The van der Waals surface area contributed by atoms with Gasteiger partial charge in [0, 0.05) is 13.0 Å². The van der Waals surface area contributed by atoms with Crippen molar-refractivity contribution in [2.24, 2.45) is 0 Å². The first-order valence-electron chi connectivity index (χ1n) is 18.2. The van der Waals surface area contributed by atoms with E-state index in [1.165, 1.54) is 22.3 Å². The average molecular weight is 718 g/mol. The minimum atomic E-state index is -1.04. The lowest BCUT2D eigenvalue weighted by Gasteiger charge is -2.40. The van der Waals surface area contributed by atoms with E-state index in [4.69, 9.17) is 37.9 Å². The summed E-state index contributed by atoms with van der Waals surface area (Å²) in [6, 6.07) is 26.7. The van der Waals surface area contributed by atoms with Gasteiger partial charge in [-0.05, 0) is 41.9 Å². The second kappa shape index (κ2) is 16.3. The number of likely N-dealkylation sites (N-methyl/N-ethyl adjacent to an activating group) is 3. The molecular weight excluding hydrogens is 666 g/mol. The number of rotatable bonds is 16. The maximum Gasteiger partial charge on any atom is 0.409 e. The number of benzene rings is 3. The van der Waals surface area contributed by atoms with Gasteiger partial charge in [-0.15, -0.1) is 0 Å². The highest BCUT2D eigenvalue weighted by Gasteiger charge is 2.46. The van der Waals surface area contributed by atoms with Crippen molar-refractivity contribution in [2.75, 3.05) is 107 Å². The molecule has 280 valence electrons. The Labute approximate surface area is 306 Å². The molecule has 0 aromatic heterocycles. The summed E-state index contributed by atoms with van der Waals surface area (Å²) in [5, 5.41) is 0. The maximum absolute atomic E-state index is 13.4. The molecule has 3 aliphatic heterocycles. The van der Waals surface area contributed by atoms with Crippen molar-refractivity contribution in [2.45, 2.75) is 29.9 Å². The fourth-order valence-electron chi connectivity index (χ4n) is 7.96. The fourth-order valence-corrected chi connectivity index (χ4v) is 7.96. The Bertz CT molecular complexity index is 1580. The van der Waals surface area contributed by atoms with Crippen molar-refractivity contribution >= 4 is 6.09 Å². The molecular formula is C40H51N3O9. The van der Waals surface area contributed by atoms with E-state index in [2.05, 4.69) is 34.1 Å². The van der Waals surface area contributed by atoms with Crippen LogP contribution in [0.15, 0.2) is 78.9 Å². The van der Waals surface area contributed by atoms with E-state index in [0.717, 1.165) is 5.56 Å². The maximum atomic E-state index is 13.4. The van der Waals surface area contributed by atoms with Crippen LogP contribution in [0.2, 0.25) is 0 Å². The van der Waals surface area contributed by atoms with Gasteiger partial charge < -0.3 is 42.8 Å². The molecule has 0 saturated carbocycles. The van der Waals surface area contributed by atoms with Crippen LogP contribution in [0.4, 0.5) is 4.79 Å². The Kier molecular flexibility index (Phi) is 11.6. The molecule has 0 unspecified atom stereocenters. The number of hydrogen-bond acceptors (Lipinski definition) is 11. The predicted molar refractivity (Wildman–Crippen MR) is 193 cm³/mol. The molecule has 4 aliphatic rings. The molecule has 0 bridgehead atoms. The molecule has 0 spiro atoms. The summed E-state index contributed by atoms with van der Waals surface area (Å²) in [5.41, 5.74) is 5.81. The first kappa shape index (κ1) is 36.9. The molecule has 3 fully saturated rings. The number of hydrogen-bond donors (Lipinski definition) is 0. The standard InChI is InChI=1S/C40H51N3O9/c1-41(25-38(47-17-18-48-38)26-42(2)28-40(51-21-22-52-40)30-45-23-31-11-5-4-6-12-31)27-39(49-19-20-50-39)29-43(3)37(44)46-24-36-34-15-9-7-13-32(34)33-14-8-10-16-35(33)36/h4-16,36H,17-30H2,1-3H3. The van der Waals surface area contributed by atoms with Gasteiger partial charge in [0.15, 0.2) is 11.6 Å². The Hall–Kier alpha value is -3.43. The highest BCUT2D eigenvalue weighted by molar-refractivity contribution is 5.79. The van der Waals surface area contributed by atoms with Gasteiger partial charge in [0.25, 0.3) is 0 Å². The Morgan fingerprint density at radius 2 is 1.06 bits per heavy atom. The van der Waals surface area contributed by atoms with Gasteiger partial charge >= 0.3 is 6.09 Å². The molecule has 12 heteroatoms. The third kappa shape index (κ3) is 8.52. The summed E-state index contributed by atoms with van der Waals surface area (Å²) in [4.78, 5) is 19.1. The van der Waals surface area contributed by atoms with Crippen LogP contribution in [0.25, 0.3) is 11.1 Å². The van der Waals surface area contributed by atoms with E-state index in [0.29, 0.717) is 79.0 Å². The van der Waals surface area contributed by atoms with E-state index >= 15 is 0 Å². The molecule has 0 atom stereocenters. The van der Waals surface area contributed by atoms with Crippen molar-refractivity contribution < 1.29 is 42.7 Å². The highest BCUT2D eigenvalue weighted by atomic mass is 16.8. The van der Waals surface area contributed by atoms with Gasteiger partial charge in [-0.2, -0.15) is 0 Å². The normalized spacial score (nSPS) is 20.0. The van der Waals surface area contributed by atoms with Crippen molar-refractivity contribution in [1.29, 1.82) is 0 Å². The van der Waals surface area contributed by atoms with Crippen LogP contribution in [0, 0.1) is 0 Å². The number of nitrogens with zero attached hydrogens (tertiary/aromatic N) is 3. The number of amides is 1. The zero-order valence-corrected chi connectivity index (χ0v) is 30.5. The number of carbonyl (C=O) groups excluding carboxylic acids is 1. The molecule has 3 heterocycles. The molecule has 1 amide bonds. The van der Waals surface area contributed by atoms with Crippen LogP contribution >= 0.6 is 0 Å². The summed E-state index contributed by atoms with van der Waals surface area (Å²) < 4.78 is 49.2. The number of fused-ring (bicyclic) bond motifs is 3. The average Bonchev–Trinajstić information content (AvgIpc) is 3.96. The van der Waals surface area contributed by atoms with Gasteiger partial charge in [-0.1, -0.05) is 78.9 Å². The van der Waals surface area contributed by atoms with E-state index in [1.54, 1.807) is 11.9 Å². The summed E-state index contributed by atoms with van der Waals surface area (Å²) in [7, 11) is 5.71. The molecule has 12 nitrogen and oxygen atoms in total. The second-order valence-electron chi connectivity index (χ2n) is 14.3. The van der Waals surface area contributed by atoms with E-state index in [-0.39, 0.29) is 19.1 Å². The monoisotopic (exact) mass is 717 g/mol. The first-order chi connectivity index (χ1) is 25.3. The number of ether oxygens (including phenoxy) is 8. The lowest BCUT2D eigenvalue weighted by molar-refractivity contribution is -0.224. The smallest absolute Gasteiger partial charge is 0.409 e. The van der Waals surface area contributed by atoms with Crippen LogP contribution in [0.5, 0.6) is 0 Å². The SMILES string of the molecule is CN(CC1(COCc2ccccc2)OCCO1)CC1(CN(C)CC2(CN(C)C(=O)OCC3c4ccccc4-c4ccccc43)OCCO2)OCCO1. The Morgan fingerprint density at radius 1 is 0.615 bits per heavy atom. The molecule has 3 aromatic rings. The van der Waals surface area contributed by atoms with Crippen LogP contribution < -0.4 is 0 Å². The third-order valence-corrected chi connectivity index (χ3v) is 10.0. The van der Waals surface area contributed by atoms with Crippen LogP contribution in [0.3, 0.4) is 0 Å². The fraction of sp³-hybridized carbons (Fsp3) is 0.525. The topological polar surface area (TPSA) is 101 Å². The van der Waals surface area contributed by atoms with E-state index < -0.39 is 23.5 Å². The Balaban J connectivity index is 0.934. The molecule has 0 N–H and O–H groups in total. The van der Waals surface area contributed by atoms with Crippen molar-refractivity contribution in [1.82, 2.24) is 14.7 Å². The molecule has 52 heavy (non-hydrogen) atoms. The minimum Gasteiger partial charge on any atom is -0.448 e. The third-order valence-electron chi connectivity index (χ3n) is 10.0. The quantitative estimate of drug-likeness (QED) is 0.214. The van der Waals surface area contributed by atoms with Gasteiger partial charge in [-0.3, -0.25) is 9.80 Å². The zero-order chi connectivity index (χ0) is 36.0. The molecule has 3 saturated heterocycles. The van der Waals surface area contributed by atoms with Crippen molar-refractivity contribution in [3.63, 3.8) is 0 Å². The van der Waals surface area contributed by atoms with Gasteiger partial charge in [0.2, 0.25) is 5.79 Å². The summed E-state index contributed by atoms with van der Waals surface area (Å²) in [6.07, 6.45) is -0.429. The predicted octanol–water partition coefficient (Wildman–Crippen LogP) is 4.18. The molecule has 1 aliphatic carbocycles. The Morgan fingerprint density at radius 3 is 1.60 bits per heavy atom. The highest BCUT2D eigenvalue weighted by Crippen LogP contribution is 2.44. The van der Waals surface area contributed by atoms with Crippen molar-refractivity contribution in [3.05, 3.63) is 95.6 Å². The van der Waals surface area contributed by atoms with E-state index in [9.17, 15) is 4.79 Å². The summed E-state index contributed by atoms with van der Waals surface area (Å²) >= 11 is 0. The van der Waals surface area contributed by atoms with E-state index in [1.807, 2.05) is 68.7 Å². The second-order valence-corrected chi connectivity index (χ2v) is 14.3. The zero-order valence-electron chi connectivity index (χ0n) is 30.5. The summed E-state index contributed by atoms with van der Waals surface area (Å²) in [6.45, 7) is 5.85. The molecule has 3 aromatic carbocycles. The summed E-state index contributed by atoms with van der Waals surface area (Å²) in [5.74, 6) is -2.83. The van der Waals surface area contributed by atoms with Crippen LogP contribution in [-0.2, 0) is 44.5 Å². The number of carbonyl (C=O) groups is 1. The van der Waals surface area contributed by atoms with Crippen LogP contribution in [0.1, 0.15) is 22.6 Å². The largest absolute Gasteiger partial charge is 0.448 e.